The Morgan fingerprint density at radius 1 is 1.32 bits per heavy atom. The third-order valence-electron chi connectivity index (χ3n) is 4.08. The molecule has 3 nitrogen and oxygen atoms in total. The molecule has 2 rings (SSSR count). The van der Waals surface area contributed by atoms with Crippen molar-refractivity contribution >= 4 is 0 Å². The third kappa shape index (κ3) is 5.47. The summed E-state index contributed by atoms with van der Waals surface area (Å²) in [5.41, 5.74) is 1.47. The molecule has 1 N–H and O–H groups in total. The Hall–Kier alpha value is -0.640. The van der Waals surface area contributed by atoms with E-state index in [0.29, 0.717) is 6.04 Å². The van der Waals surface area contributed by atoms with Crippen LogP contribution in [0.2, 0.25) is 0 Å². The molecule has 1 saturated heterocycles. The predicted molar refractivity (Wildman–Crippen MR) is 80.4 cm³/mol. The van der Waals surface area contributed by atoms with Gasteiger partial charge >= 0.3 is 0 Å². The molecule has 1 fully saturated rings. The van der Waals surface area contributed by atoms with Crippen molar-refractivity contribution in [3.63, 3.8) is 0 Å². The fraction of sp³-hybridized carbons (Fsp3) is 0.750. The number of nitrogens with zero attached hydrogens (tertiary/aromatic N) is 1. The summed E-state index contributed by atoms with van der Waals surface area (Å²) in [6.45, 7) is 5.59. The third-order valence-corrected chi connectivity index (χ3v) is 4.08. The van der Waals surface area contributed by atoms with Crippen LogP contribution in [-0.4, -0.2) is 50.8 Å². The highest BCUT2D eigenvalue weighted by Gasteiger charge is 2.18. The number of nitrogens with one attached hydrogen (secondary N) is 1. The summed E-state index contributed by atoms with van der Waals surface area (Å²) in [6.07, 6.45) is 13.1. The van der Waals surface area contributed by atoms with Gasteiger partial charge in [-0.15, -0.1) is 0 Å². The number of allylic oxidation sites excluding steroid dienone is 2. The van der Waals surface area contributed by atoms with Crippen molar-refractivity contribution in [2.24, 2.45) is 0 Å². The smallest absolute Gasteiger partial charge is 0.0474 e. The summed E-state index contributed by atoms with van der Waals surface area (Å²) < 4.78 is 5.11. The maximum Gasteiger partial charge on any atom is 0.0474 e. The van der Waals surface area contributed by atoms with Gasteiger partial charge in [-0.3, -0.25) is 0 Å². The van der Waals surface area contributed by atoms with Gasteiger partial charge in [0.1, 0.15) is 0 Å². The van der Waals surface area contributed by atoms with Crippen molar-refractivity contribution in [1.82, 2.24) is 10.2 Å². The van der Waals surface area contributed by atoms with Crippen molar-refractivity contribution in [3.05, 3.63) is 23.8 Å². The highest BCUT2D eigenvalue weighted by atomic mass is 16.5. The molecule has 0 aromatic heterocycles. The minimum atomic E-state index is 0.704. The van der Waals surface area contributed by atoms with E-state index in [-0.39, 0.29) is 0 Å². The van der Waals surface area contributed by atoms with Crippen molar-refractivity contribution < 1.29 is 4.74 Å². The molecular weight excluding hydrogens is 236 g/mol. The van der Waals surface area contributed by atoms with E-state index in [2.05, 4.69) is 28.4 Å². The van der Waals surface area contributed by atoms with Gasteiger partial charge in [0.15, 0.2) is 0 Å². The lowest BCUT2D eigenvalue weighted by atomic mass is 10.0. The molecule has 0 amide bonds. The average molecular weight is 264 g/mol. The maximum atomic E-state index is 5.11. The van der Waals surface area contributed by atoms with E-state index in [1.54, 1.807) is 7.11 Å². The zero-order valence-corrected chi connectivity index (χ0v) is 12.2. The largest absolute Gasteiger partial charge is 0.385 e. The maximum absolute atomic E-state index is 5.11. The van der Waals surface area contributed by atoms with Gasteiger partial charge in [0, 0.05) is 32.8 Å². The van der Waals surface area contributed by atoms with E-state index in [1.165, 1.54) is 50.9 Å². The summed E-state index contributed by atoms with van der Waals surface area (Å²) >= 11 is 0. The molecule has 1 heterocycles. The zero-order chi connectivity index (χ0) is 13.3. The van der Waals surface area contributed by atoms with E-state index < -0.39 is 0 Å². The number of hydrogen-bond acceptors (Lipinski definition) is 3. The minimum Gasteiger partial charge on any atom is -0.385 e. The van der Waals surface area contributed by atoms with Gasteiger partial charge in [0.25, 0.3) is 0 Å². The molecular formula is C16H28N2O. The number of ether oxygens (including phenoxy) is 1. The van der Waals surface area contributed by atoms with Gasteiger partial charge in [-0.2, -0.15) is 0 Å². The van der Waals surface area contributed by atoms with Gasteiger partial charge in [-0.05, 0) is 50.8 Å². The quantitative estimate of drug-likeness (QED) is 0.714. The Labute approximate surface area is 117 Å². The predicted octanol–water partition coefficient (Wildman–Crippen LogP) is 2.35. The summed E-state index contributed by atoms with van der Waals surface area (Å²) in [5.74, 6) is 0. The molecule has 2 aliphatic rings. The Morgan fingerprint density at radius 2 is 2.16 bits per heavy atom. The lowest BCUT2D eigenvalue weighted by molar-refractivity contribution is 0.153. The van der Waals surface area contributed by atoms with Crippen molar-refractivity contribution in [1.29, 1.82) is 0 Å². The Balaban J connectivity index is 1.58. The van der Waals surface area contributed by atoms with Crippen molar-refractivity contribution in [2.75, 3.05) is 39.9 Å². The monoisotopic (exact) mass is 264 g/mol. The van der Waals surface area contributed by atoms with Gasteiger partial charge < -0.3 is 15.0 Å². The molecule has 0 radical (unpaired) electrons. The first kappa shape index (κ1) is 14.8. The first-order valence-corrected chi connectivity index (χ1v) is 7.69. The van der Waals surface area contributed by atoms with Crippen LogP contribution >= 0.6 is 0 Å². The zero-order valence-electron chi connectivity index (χ0n) is 12.2. The molecule has 108 valence electrons. The molecule has 0 aromatic rings. The molecule has 0 spiro atoms. The summed E-state index contributed by atoms with van der Waals surface area (Å²) in [4.78, 5) is 2.57. The lowest BCUT2D eigenvalue weighted by Crippen LogP contribution is -2.43. The van der Waals surface area contributed by atoms with Crippen LogP contribution in [0.1, 0.15) is 32.1 Å². The first-order chi connectivity index (χ1) is 9.38. The van der Waals surface area contributed by atoms with E-state index >= 15 is 0 Å². The van der Waals surface area contributed by atoms with Crippen LogP contribution in [-0.2, 0) is 4.74 Å². The van der Waals surface area contributed by atoms with E-state index in [0.717, 1.165) is 19.6 Å². The number of rotatable bonds is 7. The molecule has 1 aliphatic carbocycles. The van der Waals surface area contributed by atoms with Crippen LogP contribution in [0.15, 0.2) is 23.8 Å². The number of methoxy groups -OCH3 is 1. The summed E-state index contributed by atoms with van der Waals surface area (Å²) in [7, 11) is 1.78. The average Bonchev–Trinajstić information content (AvgIpc) is 2.48. The molecule has 0 atom stereocenters. The second-order valence-corrected chi connectivity index (χ2v) is 5.60. The fourth-order valence-electron chi connectivity index (χ4n) is 2.85. The van der Waals surface area contributed by atoms with Crippen LogP contribution in [0, 0.1) is 0 Å². The van der Waals surface area contributed by atoms with E-state index in [1.807, 2.05) is 0 Å². The van der Waals surface area contributed by atoms with Crippen LogP contribution in [0.3, 0.4) is 0 Å². The number of hydrogen-bond donors (Lipinski definition) is 1. The standard InChI is InChI=1S/C16H28N2O/c1-19-13-5-10-18-11-8-16(9-12-18)17-14-15-6-3-2-4-7-15/h3,6-7,16-17H,2,4-5,8-14H2,1H3. The van der Waals surface area contributed by atoms with Crippen LogP contribution in [0.4, 0.5) is 0 Å². The molecule has 19 heavy (non-hydrogen) atoms. The molecule has 3 heteroatoms. The van der Waals surface area contributed by atoms with E-state index in [9.17, 15) is 0 Å². The highest BCUT2D eigenvalue weighted by molar-refractivity contribution is 5.23. The van der Waals surface area contributed by atoms with Crippen LogP contribution in [0.25, 0.3) is 0 Å². The SMILES string of the molecule is COCCCN1CCC(NCC2=CCCC=C2)CC1. The molecule has 0 unspecified atom stereocenters. The van der Waals surface area contributed by atoms with Gasteiger partial charge in [0.2, 0.25) is 0 Å². The van der Waals surface area contributed by atoms with Crippen molar-refractivity contribution in [2.45, 2.75) is 38.1 Å². The highest BCUT2D eigenvalue weighted by Crippen LogP contribution is 2.13. The van der Waals surface area contributed by atoms with E-state index in [4.69, 9.17) is 4.74 Å². The van der Waals surface area contributed by atoms with Gasteiger partial charge in [-0.1, -0.05) is 18.2 Å². The molecule has 0 bridgehead atoms. The minimum absolute atomic E-state index is 0.704. The summed E-state index contributed by atoms with van der Waals surface area (Å²) in [6, 6.07) is 0.704. The first-order valence-electron chi connectivity index (χ1n) is 7.69. The van der Waals surface area contributed by atoms with Crippen LogP contribution in [0.5, 0.6) is 0 Å². The second kappa shape index (κ2) is 8.51. The number of likely N-dealkylation sites (tertiary alicyclic amines) is 1. The number of piperidine rings is 1. The molecule has 0 aromatic carbocycles. The Bertz CT molecular complexity index is 304. The normalized spacial score (nSPS) is 21.6. The second-order valence-electron chi connectivity index (χ2n) is 5.60. The summed E-state index contributed by atoms with van der Waals surface area (Å²) in [5, 5.41) is 3.71. The Morgan fingerprint density at radius 3 is 2.84 bits per heavy atom. The fourth-order valence-corrected chi connectivity index (χ4v) is 2.85. The van der Waals surface area contributed by atoms with Crippen molar-refractivity contribution in [3.8, 4) is 0 Å². The Kier molecular flexibility index (Phi) is 6.62. The molecule has 0 saturated carbocycles. The van der Waals surface area contributed by atoms with Gasteiger partial charge in [-0.25, -0.2) is 0 Å². The van der Waals surface area contributed by atoms with Gasteiger partial charge in [0.05, 0.1) is 0 Å². The molecule has 1 aliphatic heterocycles. The topological polar surface area (TPSA) is 24.5 Å². The van der Waals surface area contributed by atoms with Crippen LogP contribution < -0.4 is 5.32 Å². The lowest BCUT2D eigenvalue weighted by Gasteiger charge is -2.32.